The van der Waals surface area contributed by atoms with E-state index in [2.05, 4.69) is 17.9 Å². The van der Waals surface area contributed by atoms with Gasteiger partial charge in [-0.25, -0.2) is 4.79 Å². The van der Waals surface area contributed by atoms with Crippen molar-refractivity contribution in [3.05, 3.63) is 28.8 Å². The van der Waals surface area contributed by atoms with Crippen LogP contribution in [0.3, 0.4) is 0 Å². The van der Waals surface area contributed by atoms with Crippen LogP contribution in [0.1, 0.15) is 26.3 Å². The summed E-state index contributed by atoms with van der Waals surface area (Å²) in [5.41, 5.74) is 1.01. The van der Waals surface area contributed by atoms with Crippen molar-refractivity contribution in [2.75, 3.05) is 5.32 Å². The van der Waals surface area contributed by atoms with Gasteiger partial charge in [0, 0.05) is 16.5 Å². The third kappa shape index (κ3) is 4.88. The van der Waals surface area contributed by atoms with Crippen molar-refractivity contribution >= 4 is 36.0 Å². The van der Waals surface area contributed by atoms with Gasteiger partial charge in [-0.2, -0.15) is 12.6 Å². The molecule has 94 valence electrons. The summed E-state index contributed by atoms with van der Waals surface area (Å²) in [6, 6.07) is 5.26. The molecule has 5 heteroatoms. The summed E-state index contributed by atoms with van der Waals surface area (Å²) in [5.74, 6) is 0.561. The molecule has 1 N–H and O–H groups in total. The van der Waals surface area contributed by atoms with Crippen LogP contribution in [0.5, 0.6) is 0 Å². The third-order valence-electron chi connectivity index (χ3n) is 1.87. The van der Waals surface area contributed by atoms with Gasteiger partial charge < -0.3 is 4.74 Å². The van der Waals surface area contributed by atoms with E-state index in [4.69, 9.17) is 16.3 Å². The first-order valence-corrected chi connectivity index (χ1v) is 6.22. The smallest absolute Gasteiger partial charge is 0.412 e. The molecular formula is C12H16ClNO2S. The van der Waals surface area contributed by atoms with E-state index in [0.29, 0.717) is 16.5 Å². The predicted octanol–water partition coefficient (Wildman–Crippen LogP) is 4.12. The van der Waals surface area contributed by atoms with Crippen molar-refractivity contribution in [3.63, 3.8) is 0 Å². The van der Waals surface area contributed by atoms with E-state index in [-0.39, 0.29) is 0 Å². The van der Waals surface area contributed by atoms with Crippen LogP contribution in [-0.4, -0.2) is 11.7 Å². The van der Waals surface area contributed by atoms with E-state index in [0.717, 1.165) is 5.56 Å². The van der Waals surface area contributed by atoms with Gasteiger partial charge in [-0.1, -0.05) is 17.7 Å². The van der Waals surface area contributed by atoms with Gasteiger partial charge in [-0.05, 0) is 38.5 Å². The van der Waals surface area contributed by atoms with E-state index in [1.54, 1.807) is 12.1 Å². The predicted molar refractivity (Wildman–Crippen MR) is 74.0 cm³/mol. The first-order valence-electron chi connectivity index (χ1n) is 5.21. The molecule has 17 heavy (non-hydrogen) atoms. The maximum Gasteiger partial charge on any atom is 0.412 e. The maximum atomic E-state index is 11.5. The number of carbonyl (C=O) groups excluding carboxylic acids is 1. The summed E-state index contributed by atoms with van der Waals surface area (Å²) >= 11 is 10.1. The monoisotopic (exact) mass is 273 g/mol. The number of thiol groups is 1. The number of ether oxygens (including phenoxy) is 1. The van der Waals surface area contributed by atoms with Crippen LogP contribution >= 0.6 is 24.2 Å². The lowest BCUT2D eigenvalue weighted by atomic mass is 10.2. The van der Waals surface area contributed by atoms with Gasteiger partial charge in [0.25, 0.3) is 0 Å². The van der Waals surface area contributed by atoms with Crippen LogP contribution in [0.25, 0.3) is 0 Å². The minimum atomic E-state index is -0.515. The van der Waals surface area contributed by atoms with Crippen molar-refractivity contribution in [2.24, 2.45) is 0 Å². The first-order chi connectivity index (χ1) is 7.81. The lowest BCUT2D eigenvalue weighted by molar-refractivity contribution is 0.0636. The summed E-state index contributed by atoms with van der Waals surface area (Å²) in [6.07, 6.45) is -0.493. The Hall–Kier alpha value is -0.870. The summed E-state index contributed by atoms with van der Waals surface area (Å²) in [7, 11) is 0. The number of amides is 1. The van der Waals surface area contributed by atoms with Crippen molar-refractivity contribution in [1.82, 2.24) is 0 Å². The zero-order chi connectivity index (χ0) is 13.1. The molecule has 0 aliphatic rings. The van der Waals surface area contributed by atoms with Crippen molar-refractivity contribution in [2.45, 2.75) is 32.1 Å². The largest absolute Gasteiger partial charge is 0.444 e. The molecule has 1 rings (SSSR count). The van der Waals surface area contributed by atoms with Crippen LogP contribution < -0.4 is 5.32 Å². The Kier molecular flexibility index (Phi) is 4.71. The third-order valence-corrected chi connectivity index (χ3v) is 2.56. The average Bonchev–Trinajstić information content (AvgIpc) is 2.14. The number of hydrogen-bond donors (Lipinski definition) is 2. The SMILES string of the molecule is CC(C)(C)OC(=O)Nc1ccc(CS)c(Cl)c1. The molecule has 0 bridgehead atoms. The second-order valence-corrected chi connectivity index (χ2v) is 5.31. The van der Waals surface area contributed by atoms with Gasteiger partial charge in [0.15, 0.2) is 0 Å². The second kappa shape index (κ2) is 5.65. The summed E-state index contributed by atoms with van der Waals surface area (Å²) in [4.78, 5) is 11.5. The number of halogens is 1. The molecule has 1 aromatic carbocycles. The van der Waals surface area contributed by atoms with Gasteiger partial charge in [0.2, 0.25) is 0 Å². The molecule has 0 spiro atoms. The highest BCUT2D eigenvalue weighted by Gasteiger charge is 2.16. The number of nitrogens with one attached hydrogen (secondary N) is 1. The molecule has 0 aromatic heterocycles. The van der Waals surface area contributed by atoms with Crippen LogP contribution in [0, 0.1) is 0 Å². The zero-order valence-electron chi connectivity index (χ0n) is 10.1. The lowest BCUT2D eigenvalue weighted by Gasteiger charge is -2.19. The zero-order valence-corrected chi connectivity index (χ0v) is 11.7. The van der Waals surface area contributed by atoms with Crippen molar-refractivity contribution < 1.29 is 9.53 Å². The Morgan fingerprint density at radius 3 is 2.59 bits per heavy atom. The Morgan fingerprint density at radius 2 is 2.12 bits per heavy atom. The highest BCUT2D eigenvalue weighted by molar-refractivity contribution is 7.79. The number of benzene rings is 1. The fourth-order valence-electron chi connectivity index (χ4n) is 1.17. The van der Waals surface area contributed by atoms with Crippen LogP contribution in [0.2, 0.25) is 5.02 Å². The highest BCUT2D eigenvalue weighted by Crippen LogP contribution is 2.22. The Balaban J connectivity index is 2.69. The van der Waals surface area contributed by atoms with E-state index >= 15 is 0 Å². The van der Waals surface area contributed by atoms with E-state index < -0.39 is 11.7 Å². The van der Waals surface area contributed by atoms with E-state index in [9.17, 15) is 4.79 Å². The van der Waals surface area contributed by atoms with Crippen LogP contribution in [0.4, 0.5) is 10.5 Å². The summed E-state index contributed by atoms with van der Waals surface area (Å²) in [5, 5.41) is 3.20. The molecule has 1 aromatic rings. The van der Waals surface area contributed by atoms with Crippen molar-refractivity contribution in [3.8, 4) is 0 Å². The van der Waals surface area contributed by atoms with Gasteiger partial charge in [-0.3, -0.25) is 5.32 Å². The van der Waals surface area contributed by atoms with Crippen LogP contribution in [0.15, 0.2) is 18.2 Å². The minimum Gasteiger partial charge on any atom is -0.444 e. The molecular weight excluding hydrogens is 258 g/mol. The molecule has 0 radical (unpaired) electrons. The quantitative estimate of drug-likeness (QED) is 0.796. The Morgan fingerprint density at radius 1 is 1.47 bits per heavy atom. The topological polar surface area (TPSA) is 38.3 Å². The first kappa shape index (κ1) is 14.2. The molecule has 0 saturated carbocycles. The fraction of sp³-hybridized carbons (Fsp3) is 0.417. The number of carbonyl (C=O) groups is 1. The number of anilines is 1. The molecule has 0 fully saturated rings. The molecule has 0 heterocycles. The number of hydrogen-bond acceptors (Lipinski definition) is 3. The maximum absolute atomic E-state index is 11.5. The Labute approximate surface area is 112 Å². The second-order valence-electron chi connectivity index (χ2n) is 4.59. The van der Waals surface area contributed by atoms with E-state index in [1.165, 1.54) is 0 Å². The molecule has 0 atom stereocenters. The molecule has 0 aliphatic heterocycles. The minimum absolute atomic E-state index is 0.493. The number of rotatable bonds is 2. The highest BCUT2D eigenvalue weighted by atomic mass is 35.5. The Bertz CT molecular complexity index is 415. The van der Waals surface area contributed by atoms with Gasteiger partial charge in [0.05, 0.1) is 0 Å². The van der Waals surface area contributed by atoms with E-state index in [1.807, 2.05) is 26.8 Å². The lowest BCUT2D eigenvalue weighted by Crippen LogP contribution is -2.27. The molecule has 3 nitrogen and oxygen atoms in total. The average molecular weight is 274 g/mol. The molecule has 1 amide bonds. The van der Waals surface area contributed by atoms with Crippen molar-refractivity contribution in [1.29, 1.82) is 0 Å². The van der Waals surface area contributed by atoms with Crippen LogP contribution in [-0.2, 0) is 10.5 Å². The molecule has 0 aliphatic carbocycles. The van der Waals surface area contributed by atoms with Gasteiger partial charge >= 0.3 is 6.09 Å². The summed E-state index contributed by atoms with van der Waals surface area (Å²) in [6.45, 7) is 5.43. The summed E-state index contributed by atoms with van der Waals surface area (Å²) < 4.78 is 5.13. The fourth-order valence-corrected chi connectivity index (χ4v) is 1.79. The van der Waals surface area contributed by atoms with Gasteiger partial charge in [-0.15, -0.1) is 0 Å². The molecule has 0 unspecified atom stereocenters. The molecule has 0 saturated heterocycles. The standard InChI is InChI=1S/C12H16ClNO2S/c1-12(2,3)16-11(15)14-9-5-4-8(7-17)10(13)6-9/h4-6,17H,7H2,1-3H3,(H,14,15). The normalized spacial score (nSPS) is 11.1. The van der Waals surface area contributed by atoms with Gasteiger partial charge in [0.1, 0.15) is 5.60 Å².